The topological polar surface area (TPSA) is 87.7 Å². The molecule has 7 heteroatoms. The molecule has 0 radical (unpaired) electrons. The van der Waals surface area contributed by atoms with Crippen LogP contribution in [0, 0.1) is 11.8 Å². The Labute approximate surface area is 137 Å². The summed E-state index contributed by atoms with van der Waals surface area (Å²) in [5.74, 6) is 0.237. The third kappa shape index (κ3) is 3.76. The monoisotopic (exact) mass is 325 g/mol. The fourth-order valence-electron chi connectivity index (χ4n) is 3.86. The first kappa shape index (κ1) is 17.6. The van der Waals surface area contributed by atoms with E-state index < -0.39 is 12.1 Å². The first-order chi connectivity index (χ1) is 10.8. The van der Waals surface area contributed by atoms with E-state index in [-0.39, 0.29) is 29.8 Å². The predicted molar refractivity (Wildman–Crippen MR) is 84.6 cm³/mol. The molecule has 4 atom stereocenters. The van der Waals surface area contributed by atoms with Crippen LogP contribution in [0.2, 0.25) is 0 Å². The molecular weight excluding hydrogens is 298 g/mol. The van der Waals surface area contributed by atoms with Gasteiger partial charge in [0.05, 0.1) is 13.2 Å². The molecule has 23 heavy (non-hydrogen) atoms. The van der Waals surface area contributed by atoms with Gasteiger partial charge in [0.15, 0.2) is 0 Å². The fourth-order valence-corrected chi connectivity index (χ4v) is 3.86. The zero-order valence-corrected chi connectivity index (χ0v) is 14.3. The summed E-state index contributed by atoms with van der Waals surface area (Å²) in [5, 5.41) is 5.61. The molecule has 0 bridgehead atoms. The van der Waals surface area contributed by atoms with Crippen molar-refractivity contribution in [1.82, 2.24) is 15.5 Å². The smallest absolute Gasteiger partial charge is 0.407 e. The number of methoxy groups -OCH3 is 1. The molecule has 1 aliphatic heterocycles. The SMILES string of the molecule is COC(=O)NC(C(=O)N1CCC2CCC(NC(C)=O)C21)C(C)C. The van der Waals surface area contributed by atoms with Crippen molar-refractivity contribution in [2.24, 2.45) is 11.8 Å². The van der Waals surface area contributed by atoms with E-state index in [0.29, 0.717) is 12.5 Å². The average molecular weight is 325 g/mol. The van der Waals surface area contributed by atoms with Gasteiger partial charge in [-0.3, -0.25) is 9.59 Å². The molecule has 2 rings (SSSR count). The number of nitrogens with zero attached hydrogens (tertiary/aromatic N) is 1. The van der Waals surface area contributed by atoms with Gasteiger partial charge >= 0.3 is 6.09 Å². The summed E-state index contributed by atoms with van der Waals surface area (Å²) in [6.45, 7) is 5.97. The quantitative estimate of drug-likeness (QED) is 0.803. The molecule has 2 aliphatic rings. The highest BCUT2D eigenvalue weighted by molar-refractivity contribution is 5.86. The van der Waals surface area contributed by atoms with E-state index in [1.165, 1.54) is 14.0 Å². The van der Waals surface area contributed by atoms with Gasteiger partial charge in [0, 0.05) is 19.5 Å². The van der Waals surface area contributed by atoms with Crippen LogP contribution in [-0.2, 0) is 14.3 Å². The second kappa shape index (κ2) is 7.19. The minimum absolute atomic E-state index is 0.00916. The largest absolute Gasteiger partial charge is 0.453 e. The summed E-state index contributed by atoms with van der Waals surface area (Å²) in [6.07, 6.45) is 2.28. The summed E-state index contributed by atoms with van der Waals surface area (Å²) in [7, 11) is 1.28. The van der Waals surface area contributed by atoms with Crippen LogP contribution in [0.3, 0.4) is 0 Å². The van der Waals surface area contributed by atoms with Crippen LogP contribution in [0.5, 0.6) is 0 Å². The molecule has 0 aromatic heterocycles. The summed E-state index contributed by atoms with van der Waals surface area (Å²) >= 11 is 0. The van der Waals surface area contributed by atoms with Crippen molar-refractivity contribution in [2.45, 2.75) is 58.2 Å². The summed E-state index contributed by atoms with van der Waals surface area (Å²) in [5.41, 5.74) is 0. The van der Waals surface area contributed by atoms with Crippen LogP contribution in [-0.4, -0.2) is 54.6 Å². The Balaban J connectivity index is 2.13. The molecule has 1 saturated carbocycles. The van der Waals surface area contributed by atoms with Crippen LogP contribution < -0.4 is 10.6 Å². The summed E-state index contributed by atoms with van der Waals surface area (Å²) in [4.78, 5) is 37.7. The molecule has 0 aromatic rings. The molecule has 3 amide bonds. The van der Waals surface area contributed by atoms with Crippen molar-refractivity contribution >= 4 is 17.9 Å². The molecule has 0 spiro atoms. The van der Waals surface area contributed by atoms with Crippen LogP contribution in [0.4, 0.5) is 4.79 Å². The van der Waals surface area contributed by atoms with E-state index in [1.807, 2.05) is 18.7 Å². The van der Waals surface area contributed by atoms with Gasteiger partial charge in [0.25, 0.3) is 0 Å². The number of ether oxygens (including phenoxy) is 1. The van der Waals surface area contributed by atoms with Crippen molar-refractivity contribution in [2.75, 3.05) is 13.7 Å². The van der Waals surface area contributed by atoms with E-state index in [1.54, 1.807) is 0 Å². The highest BCUT2D eigenvalue weighted by Gasteiger charge is 2.47. The predicted octanol–water partition coefficient (Wildman–Crippen LogP) is 0.883. The van der Waals surface area contributed by atoms with Crippen molar-refractivity contribution in [1.29, 1.82) is 0 Å². The van der Waals surface area contributed by atoms with E-state index in [9.17, 15) is 14.4 Å². The van der Waals surface area contributed by atoms with Crippen molar-refractivity contribution < 1.29 is 19.1 Å². The standard InChI is InChI=1S/C16H27N3O4/c1-9(2)13(18-16(22)23-4)15(21)19-8-7-11-5-6-12(14(11)19)17-10(3)20/h9,11-14H,5-8H2,1-4H3,(H,17,20)(H,18,22). The van der Waals surface area contributed by atoms with E-state index in [4.69, 9.17) is 0 Å². The Morgan fingerprint density at radius 1 is 1.17 bits per heavy atom. The molecule has 2 fully saturated rings. The Morgan fingerprint density at radius 3 is 2.43 bits per heavy atom. The second-order valence-electron chi connectivity index (χ2n) is 6.81. The average Bonchev–Trinajstić information content (AvgIpc) is 3.06. The fraction of sp³-hybridized carbons (Fsp3) is 0.812. The van der Waals surface area contributed by atoms with E-state index in [0.717, 1.165) is 19.3 Å². The zero-order valence-electron chi connectivity index (χ0n) is 14.3. The van der Waals surface area contributed by atoms with Gasteiger partial charge in [-0.1, -0.05) is 13.8 Å². The summed E-state index contributed by atoms with van der Waals surface area (Å²) in [6, 6.07) is -0.568. The lowest BCUT2D eigenvalue weighted by Crippen LogP contribution is -2.56. The molecule has 0 aromatic carbocycles. The van der Waals surface area contributed by atoms with Crippen molar-refractivity contribution in [3.8, 4) is 0 Å². The molecule has 7 nitrogen and oxygen atoms in total. The summed E-state index contributed by atoms with van der Waals surface area (Å²) < 4.78 is 4.63. The lowest BCUT2D eigenvalue weighted by Gasteiger charge is -2.33. The number of alkyl carbamates (subject to hydrolysis) is 1. The molecule has 2 N–H and O–H groups in total. The Hall–Kier alpha value is -1.79. The number of hydrogen-bond acceptors (Lipinski definition) is 4. The van der Waals surface area contributed by atoms with Gasteiger partial charge in [-0.15, -0.1) is 0 Å². The number of likely N-dealkylation sites (tertiary alicyclic amines) is 1. The molecule has 1 aliphatic carbocycles. The number of hydrogen-bond donors (Lipinski definition) is 2. The normalized spacial score (nSPS) is 27.5. The second-order valence-corrected chi connectivity index (χ2v) is 6.81. The maximum atomic E-state index is 13.0. The van der Waals surface area contributed by atoms with Gasteiger partial charge in [0.1, 0.15) is 6.04 Å². The van der Waals surface area contributed by atoms with Crippen LogP contribution >= 0.6 is 0 Å². The third-order valence-electron chi connectivity index (χ3n) is 4.91. The van der Waals surface area contributed by atoms with Crippen molar-refractivity contribution in [3.05, 3.63) is 0 Å². The van der Waals surface area contributed by atoms with Crippen molar-refractivity contribution in [3.63, 3.8) is 0 Å². The molecule has 1 saturated heterocycles. The Morgan fingerprint density at radius 2 is 1.87 bits per heavy atom. The number of carbonyl (C=O) groups is 3. The molecule has 1 heterocycles. The highest BCUT2D eigenvalue weighted by Crippen LogP contribution is 2.38. The number of amides is 3. The lowest BCUT2D eigenvalue weighted by molar-refractivity contribution is -0.136. The van der Waals surface area contributed by atoms with Crippen LogP contribution in [0.25, 0.3) is 0 Å². The van der Waals surface area contributed by atoms with Gasteiger partial charge in [0.2, 0.25) is 11.8 Å². The van der Waals surface area contributed by atoms with E-state index >= 15 is 0 Å². The van der Waals surface area contributed by atoms with Gasteiger partial charge in [-0.2, -0.15) is 0 Å². The minimum Gasteiger partial charge on any atom is -0.453 e. The number of rotatable bonds is 4. The van der Waals surface area contributed by atoms with Crippen LogP contribution in [0.1, 0.15) is 40.0 Å². The molecule has 130 valence electrons. The highest BCUT2D eigenvalue weighted by atomic mass is 16.5. The molecular formula is C16H27N3O4. The minimum atomic E-state index is -0.611. The maximum Gasteiger partial charge on any atom is 0.407 e. The van der Waals surface area contributed by atoms with E-state index in [2.05, 4.69) is 15.4 Å². The van der Waals surface area contributed by atoms with Gasteiger partial charge < -0.3 is 20.3 Å². The van der Waals surface area contributed by atoms with Crippen LogP contribution in [0.15, 0.2) is 0 Å². The first-order valence-electron chi connectivity index (χ1n) is 8.27. The van der Waals surface area contributed by atoms with Gasteiger partial charge in [-0.25, -0.2) is 4.79 Å². The molecule has 4 unspecified atom stereocenters. The Kier molecular flexibility index (Phi) is 5.49. The number of carbonyl (C=O) groups excluding carboxylic acids is 3. The Bertz CT molecular complexity index is 480. The maximum absolute atomic E-state index is 13.0. The number of nitrogens with one attached hydrogen (secondary N) is 2. The lowest BCUT2D eigenvalue weighted by atomic mass is 10.00. The third-order valence-corrected chi connectivity index (χ3v) is 4.91. The van der Waals surface area contributed by atoms with Gasteiger partial charge in [-0.05, 0) is 31.1 Å². The first-order valence-corrected chi connectivity index (χ1v) is 8.27. The number of fused-ring (bicyclic) bond motifs is 1. The zero-order chi connectivity index (χ0) is 17.1.